The van der Waals surface area contributed by atoms with Crippen LogP contribution in [0.25, 0.3) is 0 Å². The average molecular weight is 411 g/mol. The van der Waals surface area contributed by atoms with Crippen molar-refractivity contribution in [2.75, 3.05) is 5.32 Å². The lowest BCUT2D eigenvalue weighted by atomic mass is 9.47. The van der Waals surface area contributed by atoms with E-state index in [0.29, 0.717) is 26.6 Å². The largest absolute Gasteiger partial charge is 0.359 e. The predicted molar refractivity (Wildman–Crippen MR) is 115 cm³/mol. The summed E-state index contributed by atoms with van der Waals surface area (Å²) in [6.07, 6.45) is 11.0. The molecule has 0 aliphatic heterocycles. The van der Waals surface area contributed by atoms with Crippen molar-refractivity contribution >= 4 is 46.2 Å². The topological polar surface area (TPSA) is 24.1 Å². The summed E-state index contributed by atoms with van der Waals surface area (Å²) < 4.78 is 0. The monoisotopic (exact) mass is 410 g/mol. The minimum atomic E-state index is 0.445. The van der Waals surface area contributed by atoms with Crippen molar-refractivity contribution in [1.29, 1.82) is 0 Å². The molecule has 1 unspecified atom stereocenters. The molecule has 1 atom stereocenters. The fourth-order valence-electron chi connectivity index (χ4n) is 6.33. The molecule has 26 heavy (non-hydrogen) atoms. The van der Waals surface area contributed by atoms with Gasteiger partial charge in [-0.3, -0.25) is 0 Å². The zero-order valence-electron chi connectivity index (χ0n) is 15.4. The van der Waals surface area contributed by atoms with Gasteiger partial charge in [0.15, 0.2) is 5.11 Å². The second kappa shape index (κ2) is 7.48. The Morgan fingerprint density at radius 3 is 2.31 bits per heavy atom. The fraction of sp³-hybridized carbons (Fsp3) is 0.667. The summed E-state index contributed by atoms with van der Waals surface area (Å²) in [7, 11) is 0. The first-order valence-corrected chi connectivity index (χ1v) is 11.2. The van der Waals surface area contributed by atoms with Crippen LogP contribution in [0.3, 0.4) is 0 Å². The number of thiocarbonyl (C=S) groups is 1. The molecule has 4 bridgehead atoms. The van der Waals surface area contributed by atoms with Crippen LogP contribution in [0.15, 0.2) is 18.2 Å². The molecule has 1 aromatic carbocycles. The van der Waals surface area contributed by atoms with Crippen molar-refractivity contribution in [1.82, 2.24) is 5.32 Å². The van der Waals surface area contributed by atoms with E-state index in [4.69, 9.17) is 35.4 Å². The first-order valence-electron chi connectivity index (χ1n) is 10.00. The van der Waals surface area contributed by atoms with Crippen molar-refractivity contribution in [2.24, 2.45) is 23.2 Å². The maximum atomic E-state index is 6.29. The molecule has 0 spiro atoms. The van der Waals surface area contributed by atoms with Crippen molar-refractivity contribution in [3.05, 3.63) is 28.2 Å². The summed E-state index contributed by atoms with van der Waals surface area (Å²) in [5.74, 6) is 2.86. The number of rotatable bonds is 5. The van der Waals surface area contributed by atoms with Gasteiger partial charge in [-0.25, -0.2) is 0 Å². The fourth-order valence-corrected chi connectivity index (χ4v) is 7.04. The van der Waals surface area contributed by atoms with Crippen LogP contribution in [-0.4, -0.2) is 11.2 Å². The highest BCUT2D eigenvalue weighted by Gasteiger charge is 2.54. The summed E-state index contributed by atoms with van der Waals surface area (Å²) in [6.45, 7) is 2.28. The number of hydrogen-bond donors (Lipinski definition) is 2. The van der Waals surface area contributed by atoms with Crippen LogP contribution < -0.4 is 10.6 Å². The van der Waals surface area contributed by atoms with Gasteiger partial charge in [0.1, 0.15) is 0 Å². The second-order valence-electron chi connectivity index (χ2n) is 8.84. The van der Waals surface area contributed by atoms with E-state index in [1.165, 1.54) is 51.4 Å². The number of hydrogen-bond acceptors (Lipinski definition) is 1. The molecule has 4 aliphatic rings. The molecule has 1 aromatic rings. The Balaban J connectivity index is 1.47. The van der Waals surface area contributed by atoms with Crippen LogP contribution in [0.5, 0.6) is 0 Å². The molecule has 5 rings (SSSR count). The minimum Gasteiger partial charge on any atom is -0.359 e. The normalized spacial score (nSPS) is 33.1. The predicted octanol–water partition coefficient (Wildman–Crippen LogP) is 6.66. The van der Waals surface area contributed by atoms with E-state index in [9.17, 15) is 0 Å². The first-order chi connectivity index (χ1) is 12.5. The van der Waals surface area contributed by atoms with Gasteiger partial charge in [-0.1, -0.05) is 36.5 Å². The molecule has 0 radical (unpaired) electrons. The van der Waals surface area contributed by atoms with E-state index in [-0.39, 0.29) is 0 Å². The zero-order valence-corrected chi connectivity index (χ0v) is 17.7. The minimum absolute atomic E-state index is 0.445. The Morgan fingerprint density at radius 1 is 1.15 bits per heavy atom. The molecule has 0 saturated heterocycles. The SMILES string of the molecule is CCCC(NC(=S)Nc1ccc(Cl)cc1Cl)C12CC3CC(CC(C3)C1)C2. The van der Waals surface area contributed by atoms with E-state index in [1.807, 2.05) is 12.1 Å². The zero-order chi connectivity index (χ0) is 18.3. The van der Waals surface area contributed by atoms with E-state index >= 15 is 0 Å². The van der Waals surface area contributed by atoms with Gasteiger partial charge in [0.25, 0.3) is 0 Å². The highest BCUT2D eigenvalue weighted by Crippen LogP contribution is 2.61. The Morgan fingerprint density at radius 2 is 1.77 bits per heavy atom. The van der Waals surface area contributed by atoms with Gasteiger partial charge in [-0.05, 0) is 98.5 Å². The quantitative estimate of drug-likeness (QED) is 0.530. The molecule has 4 aliphatic carbocycles. The van der Waals surface area contributed by atoms with Crippen molar-refractivity contribution < 1.29 is 0 Å². The Kier molecular flexibility index (Phi) is 5.42. The first kappa shape index (κ1) is 18.8. The van der Waals surface area contributed by atoms with Crippen LogP contribution in [0.4, 0.5) is 5.69 Å². The third kappa shape index (κ3) is 3.72. The maximum absolute atomic E-state index is 6.29. The smallest absolute Gasteiger partial charge is 0.171 e. The highest BCUT2D eigenvalue weighted by atomic mass is 35.5. The number of anilines is 1. The Bertz CT molecular complexity index is 655. The van der Waals surface area contributed by atoms with E-state index in [2.05, 4.69) is 17.6 Å². The van der Waals surface area contributed by atoms with Crippen LogP contribution in [-0.2, 0) is 0 Å². The van der Waals surface area contributed by atoms with E-state index in [0.717, 1.165) is 23.4 Å². The number of nitrogens with one attached hydrogen (secondary N) is 2. The number of halogens is 2. The number of benzene rings is 1. The van der Waals surface area contributed by atoms with E-state index < -0.39 is 0 Å². The molecule has 0 heterocycles. The van der Waals surface area contributed by atoms with Crippen LogP contribution in [0.2, 0.25) is 10.0 Å². The average Bonchev–Trinajstić information content (AvgIpc) is 2.56. The second-order valence-corrected chi connectivity index (χ2v) is 10.1. The van der Waals surface area contributed by atoms with Crippen molar-refractivity contribution in [3.63, 3.8) is 0 Å². The lowest BCUT2D eigenvalue weighted by molar-refractivity contribution is -0.0718. The standard InChI is InChI=1S/C21H28Cl2N2S/c1-2-3-19(21-10-13-6-14(11-21)8-15(7-13)12-21)25-20(26)24-18-5-4-16(22)9-17(18)23/h4-5,9,13-15,19H,2-3,6-8,10-12H2,1H3,(H2,24,25,26). The van der Waals surface area contributed by atoms with Gasteiger partial charge in [-0.15, -0.1) is 0 Å². The van der Waals surface area contributed by atoms with Crippen molar-refractivity contribution in [3.8, 4) is 0 Å². The van der Waals surface area contributed by atoms with Crippen LogP contribution >= 0.6 is 35.4 Å². The molecular formula is C21H28Cl2N2S. The van der Waals surface area contributed by atoms with Gasteiger partial charge < -0.3 is 10.6 Å². The molecule has 2 nitrogen and oxygen atoms in total. The summed E-state index contributed by atoms with van der Waals surface area (Å²) in [6, 6.07) is 5.93. The Hall–Kier alpha value is -0.510. The van der Waals surface area contributed by atoms with Gasteiger partial charge in [-0.2, -0.15) is 0 Å². The third-order valence-electron chi connectivity index (χ3n) is 6.89. The summed E-state index contributed by atoms with van der Waals surface area (Å²) in [5.41, 5.74) is 1.26. The molecule has 4 saturated carbocycles. The summed E-state index contributed by atoms with van der Waals surface area (Å²) in [5, 5.41) is 8.90. The third-order valence-corrected chi connectivity index (χ3v) is 7.65. The summed E-state index contributed by atoms with van der Waals surface area (Å²) >= 11 is 17.9. The molecule has 4 fully saturated rings. The van der Waals surface area contributed by atoms with Gasteiger partial charge in [0, 0.05) is 11.1 Å². The molecule has 0 amide bonds. The van der Waals surface area contributed by atoms with Crippen molar-refractivity contribution in [2.45, 2.75) is 64.3 Å². The van der Waals surface area contributed by atoms with Gasteiger partial charge >= 0.3 is 0 Å². The molecular weight excluding hydrogens is 383 g/mol. The highest BCUT2D eigenvalue weighted by molar-refractivity contribution is 7.80. The molecule has 0 aromatic heterocycles. The van der Waals surface area contributed by atoms with Gasteiger partial charge in [0.05, 0.1) is 10.7 Å². The maximum Gasteiger partial charge on any atom is 0.171 e. The summed E-state index contributed by atoms with van der Waals surface area (Å²) in [4.78, 5) is 0. The van der Waals surface area contributed by atoms with Crippen LogP contribution in [0.1, 0.15) is 58.3 Å². The lowest BCUT2D eigenvalue weighted by Gasteiger charge is -2.59. The Labute approximate surface area is 172 Å². The van der Waals surface area contributed by atoms with E-state index in [1.54, 1.807) is 6.07 Å². The van der Waals surface area contributed by atoms with Gasteiger partial charge in [0.2, 0.25) is 0 Å². The lowest BCUT2D eigenvalue weighted by Crippen LogP contribution is -2.57. The molecule has 142 valence electrons. The molecule has 2 N–H and O–H groups in total. The van der Waals surface area contributed by atoms with Crippen LogP contribution in [0, 0.1) is 23.2 Å². The molecule has 5 heteroatoms.